The number of aromatic nitrogens is 1. The molecule has 25 heavy (non-hydrogen) atoms. The Morgan fingerprint density at radius 1 is 1.16 bits per heavy atom. The molecule has 1 aromatic heterocycles. The second-order valence-electron chi connectivity index (χ2n) is 5.88. The molecule has 0 radical (unpaired) electrons. The molecule has 3 aromatic rings. The smallest absolute Gasteiger partial charge is 0.274 e. The zero-order valence-corrected chi connectivity index (χ0v) is 13.1. The molecular weight excluding hydrogens is 322 g/mol. The molecule has 1 N–H and O–H groups in total. The summed E-state index contributed by atoms with van der Waals surface area (Å²) in [4.78, 5) is 39.7. The average molecular weight is 335 g/mol. The minimum absolute atomic E-state index is 0.0644. The first-order valence-corrected chi connectivity index (χ1v) is 7.76. The van der Waals surface area contributed by atoms with Gasteiger partial charge in [-0.15, -0.1) is 0 Å². The number of nitro benzene ring substituents is 1. The first-order valence-electron chi connectivity index (χ1n) is 7.76. The maximum atomic E-state index is 12.9. The van der Waals surface area contributed by atoms with Crippen LogP contribution in [0.3, 0.4) is 0 Å². The second-order valence-corrected chi connectivity index (χ2v) is 5.88. The normalized spacial score (nSPS) is 13.0. The Balaban J connectivity index is 1.78. The van der Waals surface area contributed by atoms with Gasteiger partial charge in [0.25, 0.3) is 17.2 Å². The van der Waals surface area contributed by atoms with E-state index in [1.54, 1.807) is 36.4 Å². The SMILES string of the molecule is O=C(c1cc2ccccc2c(=O)[nH]1)N1CCc2ccc([N+](=O)[O-])cc21. The molecule has 4 rings (SSSR count). The number of carbonyl (C=O) groups is 1. The minimum atomic E-state index is -0.487. The zero-order valence-electron chi connectivity index (χ0n) is 13.1. The van der Waals surface area contributed by atoms with E-state index in [2.05, 4.69) is 4.98 Å². The van der Waals surface area contributed by atoms with Crippen LogP contribution in [0.15, 0.2) is 53.3 Å². The number of rotatable bonds is 2. The van der Waals surface area contributed by atoms with Crippen molar-refractivity contribution in [3.8, 4) is 0 Å². The number of benzene rings is 2. The largest absolute Gasteiger partial charge is 0.317 e. The number of hydrogen-bond donors (Lipinski definition) is 1. The Bertz CT molecular complexity index is 1090. The Hall–Kier alpha value is -3.48. The monoisotopic (exact) mass is 335 g/mol. The van der Waals surface area contributed by atoms with Gasteiger partial charge in [0.2, 0.25) is 0 Å². The summed E-state index contributed by atoms with van der Waals surface area (Å²) in [6.07, 6.45) is 0.622. The van der Waals surface area contributed by atoms with Crippen LogP contribution in [0.1, 0.15) is 16.1 Å². The molecule has 0 saturated carbocycles. The van der Waals surface area contributed by atoms with Crippen LogP contribution in [-0.2, 0) is 6.42 Å². The summed E-state index contributed by atoms with van der Waals surface area (Å²) in [6.45, 7) is 0.421. The van der Waals surface area contributed by atoms with Gasteiger partial charge in [0.1, 0.15) is 5.69 Å². The Labute approximate surface area is 141 Å². The number of carbonyl (C=O) groups excluding carboxylic acids is 1. The summed E-state index contributed by atoms with van der Waals surface area (Å²) < 4.78 is 0. The predicted molar refractivity (Wildman–Crippen MR) is 93.0 cm³/mol. The van der Waals surface area contributed by atoms with Gasteiger partial charge < -0.3 is 9.88 Å². The molecule has 7 nitrogen and oxygen atoms in total. The van der Waals surface area contributed by atoms with Crippen LogP contribution < -0.4 is 10.5 Å². The number of nitrogens with one attached hydrogen (secondary N) is 1. The number of anilines is 1. The average Bonchev–Trinajstić information content (AvgIpc) is 3.04. The number of amides is 1. The van der Waals surface area contributed by atoms with E-state index in [-0.39, 0.29) is 22.8 Å². The number of H-pyrrole nitrogens is 1. The fourth-order valence-electron chi connectivity index (χ4n) is 3.16. The van der Waals surface area contributed by atoms with E-state index in [9.17, 15) is 19.7 Å². The van der Waals surface area contributed by atoms with Crippen LogP contribution in [0.5, 0.6) is 0 Å². The van der Waals surface area contributed by atoms with E-state index in [1.807, 2.05) is 0 Å². The van der Waals surface area contributed by atoms with Crippen LogP contribution in [0.4, 0.5) is 11.4 Å². The Morgan fingerprint density at radius 3 is 2.76 bits per heavy atom. The lowest BCUT2D eigenvalue weighted by atomic mass is 10.1. The molecule has 0 unspecified atom stereocenters. The molecule has 7 heteroatoms. The highest BCUT2D eigenvalue weighted by Crippen LogP contribution is 2.32. The Kier molecular flexibility index (Phi) is 3.35. The summed E-state index contributed by atoms with van der Waals surface area (Å²) in [7, 11) is 0. The maximum absolute atomic E-state index is 12.9. The number of fused-ring (bicyclic) bond motifs is 2. The molecule has 0 bridgehead atoms. The van der Waals surface area contributed by atoms with Gasteiger partial charge in [-0.25, -0.2) is 0 Å². The van der Waals surface area contributed by atoms with Gasteiger partial charge in [-0.3, -0.25) is 19.7 Å². The number of non-ortho nitro benzene ring substituents is 1. The first-order chi connectivity index (χ1) is 12.0. The third-order valence-corrected chi connectivity index (χ3v) is 4.40. The van der Waals surface area contributed by atoms with Crippen LogP contribution in [-0.4, -0.2) is 22.4 Å². The minimum Gasteiger partial charge on any atom is -0.317 e. The third-order valence-electron chi connectivity index (χ3n) is 4.40. The highest BCUT2D eigenvalue weighted by Gasteiger charge is 2.28. The van der Waals surface area contributed by atoms with Crippen molar-refractivity contribution < 1.29 is 9.72 Å². The maximum Gasteiger partial charge on any atom is 0.274 e. The number of hydrogen-bond acceptors (Lipinski definition) is 4. The summed E-state index contributed by atoms with van der Waals surface area (Å²) in [5.41, 5.74) is 1.17. The van der Waals surface area contributed by atoms with Gasteiger partial charge >= 0.3 is 0 Å². The summed E-state index contributed by atoms with van der Waals surface area (Å²) in [6, 6.07) is 13.2. The van der Waals surface area contributed by atoms with E-state index >= 15 is 0 Å². The summed E-state index contributed by atoms with van der Waals surface area (Å²) in [5, 5.41) is 12.2. The molecule has 0 fully saturated rings. The lowest BCUT2D eigenvalue weighted by Crippen LogP contribution is -2.31. The highest BCUT2D eigenvalue weighted by molar-refractivity contribution is 6.07. The van der Waals surface area contributed by atoms with Gasteiger partial charge in [0, 0.05) is 24.1 Å². The van der Waals surface area contributed by atoms with E-state index in [4.69, 9.17) is 0 Å². The molecule has 1 aliphatic heterocycles. The summed E-state index contributed by atoms with van der Waals surface area (Å²) in [5.74, 6) is -0.373. The number of pyridine rings is 1. The van der Waals surface area contributed by atoms with Crippen molar-refractivity contribution in [2.24, 2.45) is 0 Å². The first kappa shape index (κ1) is 15.1. The van der Waals surface area contributed by atoms with Gasteiger partial charge in [-0.1, -0.05) is 24.3 Å². The number of nitrogens with zero attached hydrogens (tertiary/aromatic N) is 2. The fraction of sp³-hybridized carbons (Fsp3) is 0.111. The van der Waals surface area contributed by atoms with Crippen LogP contribution in [0, 0.1) is 10.1 Å². The van der Waals surface area contributed by atoms with Gasteiger partial charge in [-0.2, -0.15) is 0 Å². The van der Waals surface area contributed by atoms with E-state index in [0.29, 0.717) is 29.4 Å². The zero-order chi connectivity index (χ0) is 17.6. The third kappa shape index (κ3) is 2.46. The molecule has 2 heterocycles. The standard InChI is InChI=1S/C18H13N3O4/c22-17-14-4-2-1-3-12(14)9-15(19-17)18(23)20-8-7-11-5-6-13(21(24)25)10-16(11)20/h1-6,9-10H,7-8H2,(H,19,22). The van der Waals surface area contributed by atoms with E-state index < -0.39 is 4.92 Å². The van der Waals surface area contributed by atoms with Crippen LogP contribution in [0.2, 0.25) is 0 Å². The quantitative estimate of drug-likeness (QED) is 0.575. The van der Waals surface area contributed by atoms with Crippen molar-refractivity contribution in [3.63, 3.8) is 0 Å². The van der Waals surface area contributed by atoms with Crippen LogP contribution >= 0.6 is 0 Å². The molecule has 0 spiro atoms. The molecule has 124 valence electrons. The lowest BCUT2D eigenvalue weighted by Gasteiger charge is -2.17. The molecule has 0 saturated heterocycles. The number of nitro groups is 1. The van der Waals surface area contributed by atoms with Crippen molar-refractivity contribution >= 4 is 28.1 Å². The van der Waals surface area contributed by atoms with Gasteiger partial charge in [-0.05, 0) is 29.5 Å². The predicted octanol–water partition coefficient (Wildman–Crippen LogP) is 2.64. The van der Waals surface area contributed by atoms with Crippen molar-refractivity contribution in [3.05, 3.63) is 80.3 Å². The van der Waals surface area contributed by atoms with Crippen molar-refractivity contribution in [2.75, 3.05) is 11.4 Å². The lowest BCUT2D eigenvalue weighted by molar-refractivity contribution is -0.384. The Morgan fingerprint density at radius 2 is 1.96 bits per heavy atom. The topological polar surface area (TPSA) is 96.3 Å². The van der Waals surface area contributed by atoms with Gasteiger partial charge in [0.15, 0.2) is 0 Å². The summed E-state index contributed by atoms with van der Waals surface area (Å²) >= 11 is 0. The van der Waals surface area contributed by atoms with E-state index in [1.165, 1.54) is 17.0 Å². The van der Waals surface area contributed by atoms with Gasteiger partial charge in [0.05, 0.1) is 10.6 Å². The van der Waals surface area contributed by atoms with Crippen molar-refractivity contribution in [1.82, 2.24) is 4.98 Å². The van der Waals surface area contributed by atoms with Crippen molar-refractivity contribution in [2.45, 2.75) is 6.42 Å². The second kappa shape index (κ2) is 5.55. The molecule has 1 aliphatic rings. The number of aromatic amines is 1. The van der Waals surface area contributed by atoms with E-state index in [0.717, 1.165) is 5.56 Å². The molecule has 0 atom stereocenters. The molecule has 0 aliphatic carbocycles. The molecule has 1 amide bonds. The fourth-order valence-corrected chi connectivity index (χ4v) is 3.16. The van der Waals surface area contributed by atoms with Crippen molar-refractivity contribution in [1.29, 1.82) is 0 Å². The highest BCUT2D eigenvalue weighted by atomic mass is 16.6. The molecular formula is C18H13N3O4. The van der Waals surface area contributed by atoms with Crippen LogP contribution in [0.25, 0.3) is 10.8 Å². The molecule has 2 aromatic carbocycles.